The fourth-order valence-corrected chi connectivity index (χ4v) is 3.92. The number of para-hydroxylation sites is 1. The van der Waals surface area contributed by atoms with Gasteiger partial charge < -0.3 is 15.1 Å². The van der Waals surface area contributed by atoms with Gasteiger partial charge >= 0.3 is 17.7 Å². The maximum absolute atomic E-state index is 13.7. The predicted octanol–water partition coefficient (Wildman–Crippen LogP) is 3.86. The number of likely N-dealkylation sites (N-methyl/N-ethyl adjacent to an activating group) is 1. The maximum Gasteiger partial charge on any atom is 0.417 e. The van der Waals surface area contributed by atoms with Crippen molar-refractivity contribution in [3.05, 3.63) is 60.2 Å². The van der Waals surface area contributed by atoms with E-state index in [2.05, 4.69) is 35.3 Å². The van der Waals surface area contributed by atoms with E-state index in [1.54, 1.807) is 12.1 Å². The minimum Gasteiger partial charge on any atom is -0.354 e. The second kappa shape index (κ2) is 10.8. The topological polar surface area (TPSA) is 107 Å². The first-order valence-electron chi connectivity index (χ1n) is 10.9. The molecule has 188 valence electrons. The van der Waals surface area contributed by atoms with Gasteiger partial charge in [0.25, 0.3) is 0 Å². The number of fused-ring (bicyclic) bond motifs is 1. The Morgan fingerprint density at radius 3 is 2.36 bits per heavy atom. The second-order valence-electron chi connectivity index (χ2n) is 8.08. The molecule has 4 aromatic rings. The third kappa shape index (κ3) is 5.69. The lowest BCUT2D eigenvalue weighted by Gasteiger charge is -2.33. The first kappa shape index (κ1) is 25.3. The van der Waals surface area contributed by atoms with Gasteiger partial charge in [-0.15, -0.1) is 0 Å². The molecule has 0 atom stereocenters. The highest BCUT2D eigenvalue weighted by Gasteiger charge is 2.34. The van der Waals surface area contributed by atoms with Crippen LogP contribution >= 0.6 is 0 Å². The van der Waals surface area contributed by atoms with Gasteiger partial charge in [-0.25, -0.2) is 9.97 Å². The largest absolute Gasteiger partial charge is 0.417 e. The fraction of sp³-hybridized carbons (Fsp3) is 0.261. The van der Waals surface area contributed by atoms with Crippen LogP contribution in [0.2, 0.25) is 0 Å². The van der Waals surface area contributed by atoms with Crippen molar-refractivity contribution in [3.63, 3.8) is 0 Å². The number of benzene rings is 2. The minimum absolute atomic E-state index is 0.0155. The molecule has 9 nitrogen and oxygen atoms in total. The van der Waals surface area contributed by atoms with Crippen LogP contribution in [0.1, 0.15) is 5.56 Å². The normalized spacial score (nSPS) is 14.3. The van der Waals surface area contributed by atoms with Crippen LogP contribution in [0.25, 0.3) is 22.3 Å². The van der Waals surface area contributed by atoms with Crippen LogP contribution in [-0.4, -0.2) is 66.7 Å². The van der Waals surface area contributed by atoms with Gasteiger partial charge in [0.1, 0.15) is 11.6 Å². The Bertz CT molecular complexity index is 1380. The molecule has 1 aliphatic rings. The molecule has 1 aliphatic heterocycles. The van der Waals surface area contributed by atoms with Gasteiger partial charge in [-0.05, 0) is 25.2 Å². The molecule has 2 aromatic heterocycles. The van der Waals surface area contributed by atoms with Crippen molar-refractivity contribution < 1.29 is 21.6 Å². The molecule has 0 radical (unpaired) electrons. The van der Waals surface area contributed by atoms with Gasteiger partial charge in [-0.2, -0.15) is 26.7 Å². The lowest BCUT2D eigenvalue weighted by Crippen LogP contribution is -2.44. The van der Waals surface area contributed by atoms with E-state index in [-0.39, 0.29) is 11.4 Å². The van der Waals surface area contributed by atoms with Crippen molar-refractivity contribution in [2.24, 2.45) is 0 Å². The molecule has 0 unspecified atom stereocenters. The lowest BCUT2D eigenvalue weighted by atomic mass is 10.1. The quantitative estimate of drug-likeness (QED) is 0.420. The number of piperazine rings is 1. The molecular weight excluding hydrogens is 495 g/mol. The van der Waals surface area contributed by atoms with Crippen molar-refractivity contribution in [3.8, 4) is 11.4 Å². The summed E-state index contributed by atoms with van der Waals surface area (Å²) in [6, 6.07) is 14.7. The summed E-state index contributed by atoms with van der Waals surface area (Å²) in [7, 11) is 2.04. The molecule has 36 heavy (non-hydrogen) atoms. The second-order valence-corrected chi connectivity index (χ2v) is 8.22. The summed E-state index contributed by atoms with van der Waals surface area (Å²) in [5, 5.41) is 11.3. The Hall–Kier alpha value is -3.84. The number of alkyl halides is 3. The molecule has 0 amide bonds. The summed E-state index contributed by atoms with van der Waals surface area (Å²) in [5.74, 6) is 1.51. The summed E-state index contributed by atoms with van der Waals surface area (Å²) in [6.45, 7) is 3.12. The number of aromatic nitrogens is 4. The van der Waals surface area contributed by atoms with E-state index in [4.69, 9.17) is 8.42 Å². The van der Waals surface area contributed by atoms with Crippen molar-refractivity contribution >= 4 is 39.9 Å². The van der Waals surface area contributed by atoms with Crippen molar-refractivity contribution in [2.75, 3.05) is 43.4 Å². The molecule has 2 aromatic carbocycles. The van der Waals surface area contributed by atoms with Gasteiger partial charge in [0.15, 0.2) is 11.6 Å². The molecule has 0 bridgehead atoms. The van der Waals surface area contributed by atoms with Crippen LogP contribution in [0.3, 0.4) is 0 Å². The average molecular weight is 518 g/mol. The number of hydrogen-bond donors (Lipinski definition) is 2. The van der Waals surface area contributed by atoms with E-state index < -0.39 is 23.3 Å². The Balaban J connectivity index is 0.000000967. The maximum atomic E-state index is 13.7. The molecular formula is C23H22F3N7O2S. The van der Waals surface area contributed by atoms with Crippen molar-refractivity contribution in [1.29, 1.82) is 0 Å². The van der Waals surface area contributed by atoms with E-state index in [1.165, 1.54) is 12.1 Å². The van der Waals surface area contributed by atoms with Crippen molar-refractivity contribution in [2.45, 2.75) is 6.18 Å². The van der Waals surface area contributed by atoms with Crippen LogP contribution in [0.4, 0.5) is 30.6 Å². The highest BCUT2D eigenvalue weighted by molar-refractivity contribution is 7.51. The molecule has 2 N–H and O–H groups in total. The first-order chi connectivity index (χ1) is 17.3. The molecule has 13 heteroatoms. The fourth-order valence-electron chi connectivity index (χ4n) is 3.92. The minimum atomic E-state index is -4.52. The molecule has 1 saturated heterocycles. The zero-order chi connectivity index (χ0) is 25.7. The molecule has 0 spiro atoms. The number of hydrogen-bond acceptors (Lipinski definition) is 8. The number of aromatic amines is 1. The summed E-state index contributed by atoms with van der Waals surface area (Å²) in [4.78, 5) is 13.3. The zero-order valence-corrected chi connectivity index (χ0v) is 19.9. The zero-order valence-electron chi connectivity index (χ0n) is 19.1. The smallest absolute Gasteiger partial charge is 0.354 e. The van der Waals surface area contributed by atoms with E-state index in [0.29, 0.717) is 17.5 Å². The highest BCUT2D eigenvalue weighted by Crippen LogP contribution is 2.37. The van der Waals surface area contributed by atoms with Gasteiger partial charge in [0.05, 0.1) is 11.1 Å². The standard InChI is InChI=1S/C23H22F3N7.O2S/c1-32-10-12-33(13-11-32)20-14-19(28-22-16-7-3-5-9-18(16)30-31-22)27-21(29-20)15-6-2-4-8-17(15)23(24,25)26;1-3-2/h2-9,14H,10-13H2,1H3,(H2,27,28,29,30,31);. The van der Waals surface area contributed by atoms with Crippen LogP contribution < -0.4 is 10.2 Å². The number of rotatable bonds is 4. The SMILES string of the molecule is CN1CCN(c2cc(Nc3n[nH]c4ccccc34)nc(-c3ccccc3C(F)(F)F)n2)CC1.O=S=O. The average Bonchev–Trinajstić information content (AvgIpc) is 3.27. The van der Waals surface area contributed by atoms with E-state index >= 15 is 0 Å². The third-order valence-corrected chi connectivity index (χ3v) is 5.73. The molecule has 0 aliphatic carbocycles. The molecule has 5 rings (SSSR count). The van der Waals surface area contributed by atoms with Gasteiger partial charge in [-0.1, -0.05) is 30.3 Å². The highest BCUT2D eigenvalue weighted by atomic mass is 32.1. The number of nitrogens with zero attached hydrogens (tertiary/aromatic N) is 5. The van der Waals surface area contributed by atoms with Crippen molar-refractivity contribution in [1.82, 2.24) is 25.1 Å². The third-order valence-electron chi connectivity index (χ3n) is 5.73. The Kier molecular flexibility index (Phi) is 7.60. The van der Waals surface area contributed by atoms with Gasteiger partial charge in [0, 0.05) is 43.2 Å². The predicted molar refractivity (Wildman–Crippen MR) is 130 cm³/mol. The van der Waals surface area contributed by atoms with Crippen LogP contribution in [0.5, 0.6) is 0 Å². The summed E-state index contributed by atoms with van der Waals surface area (Å²) >= 11 is -0.750. The van der Waals surface area contributed by atoms with E-state index in [0.717, 1.165) is 43.1 Å². The van der Waals surface area contributed by atoms with Crippen LogP contribution in [-0.2, 0) is 17.7 Å². The first-order valence-corrected chi connectivity index (χ1v) is 11.6. The Morgan fingerprint density at radius 2 is 1.64 bits per heavy atom. The number of halogens is 3. The number of anilines is 3. The lowest BCUT2D eigenvalue weighted by molar-refractivity contribution is -0.137. The van der Waals surface area contributed by atoms with E-state index in [1.807, 2.05) is 31.3 Å². The van der Waals surface area contributed by atoms with Crippen LogP contribution in [0.15, 0.2) is 54.6 Å². The molecule has 0 saturated carbocycles. The monoisotopic (exact) mass is 517 g/mol. The molecule has 3 heterocycles. The number of H-pyrrole nitrogens is 1. The summed E-state index contributed by atoms with van der Waals surface area (Å²) in [5.41, 5.74) is 0.0172. The number of nitrogens with one attached hydrogen (secondary N) is 2. The molecule has 1 fully saturated rings. The van der Waals surface area contributed by atoms with E-state index in [9.17, 15) is 13.2 Å². The van der Waals surface area contributed by atoms with Gasteiger partial charge in [0.2, 0.25) is 0 Å². The summed E-state index contributed by atoms with van der Waals surface area (Å²) < 4.78 is 57.7. The van der Waals surface area contributed by atoms with Gasteiger partial charge in [-0.3, -0.25) is 5.10 Å². The summed E-state index contributed by atoms with van der Waals surface area (Å²) in [6.07, 6.45) is -4.52. The van der Waals surface area contributed by atoms with Crippen LogP contribution in [0, 0.1) is 0 Å². The Morgan fingerprint density at radius 1 is 0.972 bits per heavy atom. The Labute approximate surface area is 208 Å².